The van der Waals surface area contributed by atoms with Gasteiger partial charge in [-0.25, -0.2) is 12.7 Å². The maximum atomic E-state index is 12.3. The summed E-state index contributed by atoms with van der Waals surface area (Å²) in [4.78, 5) is 12.3. The van der Waals surface area contributed by atoms with Crippen LogP contribution in [0.1, 0.15) is 19.8 Å². The number of benzene rings is 1. The molecule has 7 heteroatoms. The van der Waals surface area contributed by atoms with Crippen LogP contribution in [0.15, 0.2) is 24.3 Å². The smallest absolute Gasteiger partial charge is 0.228 e. The fourth-order valence-electron chi connectivity index (χ4n) is 2.50. The van der Waals surface area contributed by atoms with E-state index in [1.807, 2.05) is 6.92 Å². The van der Waals surface area contributed by atoms with Gasteiger partial charge in [-0.15, -0.1) is 0 Å². The fraction of sp³-hybridized carbons (Fsp3) is 0.533. The molecule has 122 valence electrons. The van der Waals surface area contributed by atoms with E-state index in [4.69, 9.17) is 4.74 Å². The summed E-state index contributed by atoms with van der Waals surface area (Å²) in [5, 5.41) is 2.84. The summed E-state index contributed by atoms with van der Waals surface area (Å²) in [5.74, 6) is 0.300. The molecule has 1 N–H and O–H groups in total. The lowest BCUT2D eigenvalue weighted by Gasteiger charge is -2.30. The number of hydrogen-bond donors (Lipinski definition) is 1. The molecule has 6 nitrogen and oxygen atoms in total. The Morgan fingerprint density at radius 1 is 1.36 bits per heavy atom. The van der Waals surface area contributed by atoms with Crippen molar-refractivity contribution >= 4 is 21.6 Å². The topological polar surface area (TPSA) is 75.7 Å². The van der Waals surface area contributed by atoms with Gasteiger partial charge >= 0.3 is 0 Å². The van der Waals surface area contributed by atoms with Crippen LogP contribution in [0.4, 0.5) is 5.69 Å². The van der Waals surface area contributed by atoms with Crippen molar-refractivity contribution in [2.45, 2.75) is 19.8 Å². The molecular formula is C15H22N2O4S. The Bertz CT molecular complexity index is 613. The molecule has 0 radical (unpaired) electrons. The van der Waals surface area contributed by atoms with E-state index in [1.165, 1.54) is 10.6 Å². The molecule has 0 spiro atoms. The Kier molecular flexibility index (Phi) is 5.42. The number of amides is 1. The number of anilines is 1. The molecule has 1 fully saturated rings. The predicted molar refractivity (Wildman–Crippen MR) is 85.4 cm³/mol. The van der Waals surface area contributed by atoms with Crippen molar-refractivity contribution in [2.75, 3.05) is 31.3 Å². The van der Waals surface area contributed by atoms with Crippen LogP contribution in [-0.4, -0.2) is 44.6 Å². The van der Waals surface area contributed by atoms with E-state index >= 15 is 0 Å². The summed E-state index contributed by atoms with van der Waals surface area (Å²) >= 11 is 0. The van der Waals surface area contributed by atoms with E-state index in [0.29, 0.717) is 31.7 Å². The van der Waals surface area contributed by atoms with Crippen molar-refractivity contribution < 1.29 is 17.9 Å². The number of nitrogens with one attached hydrogen (secondary N) is 1. The number of hydrogen-bond acceptors (Lipinski definition) is 4. The van der Waals surface area contributed by atoms with E-state index < -0.39 is 10.0 Å². The second-order valence-electron chi connectivity index (χ2n) is 5.41. The Hall–Kier alpha value is -1.60. The number of ether oxygens (including phenoxy) is 1. The molecule has 2 rings (SSSR count). The maximum absolute atomic E-state index is 12.3. The minimum atomic E-state index is -3.24. The summed E-state index contributed by atoms with van der Waals surface area (Å²) in [7, 11) is -3.24. The first-order chi connectivity index (χ1) is 10.4. The highest BCUT2D eigenvalue weighted by Gasteiger charge is 2.30. The number of rotatable bonds is 5. The lowest BCUT2D eigenvalue weighted by Crippen LogP contribution is -2.43. The fourth-order valence-corrected chi connectivity index (χ4v) is 3.41. The van der Waals surface area contributed by atoms with Gasteiger partial charge in [-0.05, 0) is 44.0 Å². The molecule has 1 amide bonds. The molecule has 1 saturated heterocycles. The number of carbonyl (C=O) groups is 1. The molecule has 0 bridgehead atoms. The summed E-state index contributed by atoms with van der Waals surface area (Å²) in [6, 6.07) is 7.14. The Morgan fingerprint density at radius 3 is 2.64 bits per heavy atom. The van der Waals surface area contributed by atoms with Gasteiger partial charge in [-0.1, -0.05) is 0 Å². The van der Waals surface area contributed by atoms with Crippen LogP contribution >= 0.6 is 0 Å². The molecule has 22 heavy (non-hydrogen) atoms. The van der Waals surface area contributed by atoms with Gasteiger partial charge in [0.25, 0.3) is 0 Å². The summed E-state index contributed by atoms with van der Waals surface area (Å²) in [6.07, 6.45) is 2.59. The van der Waals surface area contributed by atoms with Gasteiger partial charge in [0.05, 0.1) is 18.8 Å². The Balaban J connectivity index is 1.96. The van der Waals surface area contributed by atoms with Gasteiger partial charge < -0.3 is 10.1 Å². The second kappa shape index (κ2) is 7.11. The van der Waals surface area contributed by atoms with Crippen LogP contribution in [0.2, 0.25) is 0 Å². The van der Waals surface area contributed by atoms with Gasteiger partial charge in [0.2, 0.25) is 15.9 Å². The molecule has 0 unspecified atom stereocenters. The van der Waals surface area contributed by atoms with Crippen molar-refractivity contribution in [1.82, 2.24) is 4.31 Å². The van der Waals surface area contributed by atoms with Crippen LogP contribution in [0, 0.1) is 5.92 Å². The third-order valence-corrected chi connectivity index (χ3v) is 4.93. The van der Waals surface area contributed by atoms with Gasteiger partial charge in [0.1, 0.15) is 5.75 Å². The van der Waals surface area contributed by atoms with Crippen molar-refractivity contribution in [3.63, 3.8) is 0 Å². The molecular weight excluding hydrogens is 304 g/mol. The molecule has 1 aliphatic heterocycles. The predicted octanol–water partition coefficient (Wildman–Crippen LogP) is 1.70. The van der Waals surface area contributed by atoms with Crippen LogP contribution in [-0.2, 0) is 14.8 Å². The zero-order chi connectivity index (χ0) is 16.2. The molecule has 0 saturated carbocycles. The SMILES string of the molecule is CCOc1ccc(NC(=O)[C@@H]2CCCN(S(C)(=O)=O)C2)cc1. The molecule has 1 aromatic rings. The van der Waals surface area contributed by atoms with E-state index in [-0.39, 0.29) is 18.4 Å². The first-order valence-corrected chi connectivity index (χ1v) is 9.24. The lowest BCUT2D eigenvalue weighted by atomic mass is 9.99. The summed E-state index contributed by atoms with van der Waals surface area (Å²) in [6.45, 7) is 3.24. The molecule has 1 aliphatic rings. The second-order valence-corrected chi connectivity index (χ2v) is 7.39. The first-order valence-electron chi connectivity index (χ1n) is 7.39. The van der Waals surface area contributed by atoms with Gasteiger partial charge in [0.15, 0.2) is 0 Å². The molecule has 1 atom stereocenters. The lowest BCUT2D eigenvalue weighted by molar-refractivity contribution is -0.120. The van der Waals surface area contributed by atoms with Gasteiger partial charge in [0, 0.05) is 18.8 Å². The third kappa shape index (κ3) is 4.45. The molecule has 1 aromatic carbocycles. The van der Waals surface area contributed by atoms with Crippen molar-refractivity contribution in [3.8, 4) is 5.75 Å². The summed E-state index contributed by atoms with van der Waals surface area (Å²) < 4.78 is 29.9. The number of carbonyl (C=O) groups excluding carboxylic acids is 1. The van der Waals surface area contributed by atoms with E-state index in [1.54, 1.807) is 24.3 Å². The molecule has 1 heterocycles. The highest BCUT2D eigenvalue weighted by atomic mass is 32.2. The highest BCUT2D eigenvalue weighted by Crippen LogP contribution is 2.21. The zero-order valence-corrected chi connectivity index (χ0v) is 13.7. The van der Waals surface area contributed by atoms with Crippen LogP contribution in [0.25, 0.3) is 0 Å². The average molecular weight is 326 g/mol. The van der Waals surface area contributed by atoms with E-state index in [2.05, 4.69) is 5.32 Å². The monoisotopic (exact) mass is 326 g/mol. The van der Waals surface area contributed by atoms with Crippen molar-refractivity contribution in [2.24, 2.45) is 5.92 Å². The Labute approximate surface area is 131 Å². The van der Waals surface area contributed by atoms with E-state index in [9.17, 15) is 13.2 Å². The first kappa shape index (κ1) is 16.8. The normalized spacial score (nSPS) is 19.6. The van der Waals surface area contributed by atoms with Gasteiger partial charge in [-0.2, -0.15) is 0 Å². The Morgan fingerprint density at radius 2 is 2.05 bits per heavy atom. The number of nitrogens with zero attached hydrogens (tertiary/aromatic N) is 1. The largest absolute Gasteiger partial charge is 0.494 e. The number of sulfonamides is 1. The third-order valence-electron chi connectivity index (χ3n) is 3.66. The molecule has 0 aromatic heterocycles. The van der Waals surface area contributed by atoms with Crippen LogP contribution in [0.3, 0.4) is 0 Å². The van der Waals surface area contributed by atoms with Crippen molar-refractivity contribution in [1.29, 1.82) is 0 Å². The zero-order valence-electron chi connectivity index (χ0n) is 12.9. The van der Waals surface area contributed by atoms with Crippen LogP contribution < -0.4 is 10.1 Å². The minimum Gasteiger partial charge on any atom is -0.494 e. The maximum Gasteiger partial charge on any atom is 0.228 e. The van der Waals surface area contributed by atoms with Crippen molar-refractivity contribution in [3.05, 3.63) is 24.3 Å². The standard InChI is InChI=1S/C15H22N2O4S/c1-3-21-14-8-6-13(7-9-14)16-15(18)12-5-4-10-17(11-12)22(2,19)20/h6-9,12H,3-5,10-11H2,1-2H3,(H,16,18)/t12-/m1/s1. The summed E-state index contributed by atoms with van der Waals surface area (Å²) in [5.41, 5.74) is 0.685. The van der Waals surface area contributed by atoms with Crippen LogP contribution in [0.5, 0.6) is 5.75 Å². The van der Waals surface area contributed by atoms with Gasteiger partial charge in [-0.3, -0.25) is 4.79 Å². The molecule has 0 aliphatic carbocycles. The number of piperidine rings is 1. The quantitative estimate of drug-likeness (QED) is 0.893. The highest BCUT2D eigenvalue weighted by molar-refractivity contribution is 7.88. The van der Waals surface area contributed by atoms with E-state index in [0.717, 1.165) is 5.75 Å². The minimum absolute atomic E-state index is 0.141. The average Bonchev–Trinajstić information content (AvgIpc) is 2.49.